The summed E-state index contributed by atoms with van der Waals surface area (Å²) in [5.74, 6) is 0. The van der Waals surface area contributed by atoms with E-state index in [1.165, 1.54) is 117 Å². The zero-order valence-electron chi connectivity index (χ0n) is 29.4. The summed E-state index contributed by atoms with van der Waals surface area (Å²) in [5, 5.41) is 0. The molecule has 0 bridgehead atoms. The van der Waals surface area contributed by atoms with Gasteiger partial charge in [0.05, 0.1) is 5.69 Å². The first-order valence-corrected chi connectivity index (χ1v) is 17.9. The second kappa shape index (κ2) is 10.7. The molecule has 0 unspecified atom stereocenters. The molecule has 0 N–H and O–H groups in total. The Hall–Kier alpha value is -4.10. The van der Waals surface area contributed by atoms with Gasteiger partial charge in [-0.3, -0.25) is 0 Å². The Morgan fingerprint density at radius 1 is 0.489 bits per heavy atom. The molecule has 0 saturated carbocycles. The van der Waals surface area contributed by atoms with Gasteiger partial charge in [0.25, 0.3) is 0 Å². The summed E-state index contributed by atoms with van der Waals surface area (Å²) < 4.78 is 0. The second-order valence-corrected chi connectivity index (χ2v) is 16.4. The van der Waals surface area contributed by atoms with Crippen LogP contribution in [0.1, 0.15) is 106 Å². The van der Waals surface area contributed by atoms with E-state index in [1.54, 1.807) is 0 Å². The van der Waals surface area contributed by atoms with Crippen molar-refractivity contribution >= 4 is 17.1 Å². The summed E-state index contributed by atoms with van der Waals surface area (Å²) in [6.45, 7) is 16.9. The zero-order valence-corrected chi connectivity index (χ0v) is 29.4. The summed E-state index contributed by atoms with van der Waals surface area (Å²) in [6, 6.07) is 37.6. The van der Waals surface area contributed by atoms with Crippen LogP contribution in [0, 0.1) is 6.92 Å². The highest BCUT2D eigenvalue weighted by molar-refractivity contribution is 5.95. The van der Waals surface area contributed by atoms with Gasteiger partial charge in [0.2, 0.25) is 0 Å². The summed E-state index contributed by atoms with van der Waals surface area (Å²) in [4.78, 5) is 2.55. The van der Waals surface area contributed by atoms with Gasteiger partial charge < -0.3 is 4.90 Å². The van der Waals surface area contributed by atoms with Crippen LogP contribution in [-0.4, -0.2) is 0 Å². The van der Waals surface area contributed by atoms with E-state index in [4.69, 9.17) is 0 Å². The lowest BCUT2D eigenvalue weighted by atomic mass is 9.62. The molecule has 0 fully saturated rings. The standard InChI is InChI=1S/C46H49N/c1-30-25-41-42(45(4,5)24-23-44(41,2)3)28-36(30)38-27-37-35-19-13-14-20-39(35)46(6,7)40(37)29-43(38)47(33-17-9-8-10-18-33)34-22-21-31-15-11-12-16-32(31)26-34/h8-10,13-14,17-22,25-29H,11-12,15-16,23-24H2,1-7H3. The lowest BCUT2D eigenvalue weighted by Gasteiger charge is -2.42. The Labute approximate surface area is 282 Å². The van der Waals surface area contributed by atoms with E-state index >= 15 is 0 Å². The number of nitrogens with zero attached hydrogens (tertiary/aromatic N) is 1. The topological polar surface area (TPSA) is 3.24 Å². The molecule has 238 valence electrons. The predicted molar refractivity (Wildman–Crippen MR) is 201 cm³/mol. The summed E-state index contributed by atoms with van der Waals surface area (Å²) in [5.41, 5.74) is 19.6. The number of aryl methyl sites for hydroxylation is 3. The second-order valence-electron chi connectivity index (χ2n) is 16.4. The fourth-order valence-corrected chi connectivity index (χ4v) is 9.01. The monoisotopic (exact) mass is 615 g/mol. The highest BCUT2D eigenvalue weighted by Crippen LogP contribution is 2.55. The van der Waals surface area contributed by atoms with Crippen molar-refractivity contribution in [2.24, 2.45) is 0 Å². The predicted octanol–water partition coefficient (Wildman–Crippen LogP) is 12.7. The van der Waals surface area contributed by atoms with E-state index in [0.717, 1.165) is 0 Å². The van der Waals surface area contributed by atoms with E-state index in [9.17, 15) is 0 Å². The number of rotatable bonds is 4. The minimum Gasteiger partial charge on any atom is -0.310 e. The van der Waals surface area contributed by atoms with Gasteiger partial charge in [0.1, 0.15) is 0 Å². The van der Waals surface area contributed by atoms with Crippen LogP contribution in [-0.2, 0) is 29.1 Å². The third-order valence-corrected chi connectivity index (χ3v) is 12.0. The third kappa shape index (κ3) is 4.80. The van der Waals surface area contributed by atoms with E-state index in [2.05, 4.69) is 150 Å². The van der Waals surface area contributed by atoms with Crippen LogP contribution in [0.25, 0.3) is 22.3 Å². The van der Waals surface area contributed by atoms with Crippen molar-refractivity contribution < 1.29 is 0 Å². The molecular formula is C46H49N. The quantitative estimate of drug-likeness (QED) is 0.194. The van der Waals surface area contributed by atoms with Gasteiger partial charge in [-0.25, -0.2) is 0 Å². The summed E-state index contributed by atoms with van der Waals surface area (Å²) in [7, 11) is 0. The maximum absolute atomic E-state index is 2.58. The van der Waals surface area contributed by atoms with Crippen molar-refractivity contribution in [3.8, 4) is 22.3 Å². The Bertz CT molecular complexity index is 2020. The normalized spacial score (nSPS) is 18.1. The van der Waals surface area contributed by atoms with Gasteiger partial charge in [-0.1, -0.05) is 96.1 Å². The molecule has 0 aliphatic heterocycles. The number of para-hydroxylation sites is 1. The van der Waals surface area contributed by atoms with Crippen LogP contribution in [0.5, 0.6) is 0 Å². The van der Waals surface area contributed by atoms with E-state index < -0.39 is 0 Å². The highest BCUT2D eigenvalue weighted by atomic mass is 15.1. The Balaban J connectivity index is 1.45. The Morgan fingerprint density at radius 2 is 1.15 bits per heavy atom. The van der Waals surface area contributed by atoms with Gasteiger partial charge in [0, 0.05) is 22.4 Å². The van der Waals surface area contributed by atoms with E-state index in [0.29, 0.717) is 0 Å². The molecule has 3 aliphatic carbocycles. The minimum absolute atomic E-state index is 0.0890. The van der Waals surface area contributed by atoms with E-state index in [-0.39, 0.29) is 16.2 Å². The van der Waals surface area contributed by atoms with Crippen LogP contribution < -0.4 is 4.90 Å². The molecule has 0 amide bonds. The van der Waals surface area contributed by atoms with Crippen molar-refractivity contribution in [3.63, 3.8) is 0 Å². The van der Waals surface area contributed by atoms with E-state index in [1.807, 2.05) is 0 Å². The molecule has 47 heavy (non-hydrogen) atoms. The van der Waals surface area contributed by atoms with Gasteiger partial charge >= 0.3 is 0 Å². The van der Waals surface area contributed by atoms with Crippen molar-refractivity contribution in [1.29, 1.82) is 0 Å². The number of hydrogen-bond acceptors (Lipinski definition) is 1. The summed E-state index contributed by atoms with van der Waals surface area (Å²) >= 11 is 0. The maximum atomic E-state index is 2.58. The Morgan fingerprint density at radius 3 is 1.89 bits per heavy atom. The van der Waals surface area contributed by atoms with Crippen molar-refractivity contribution in [1.82, 2.24) is 0 Å². The van der Waals surface area contributed by atoms with Crippen LogP contribution in [0.4, 0.5) is 17.1 Å². The highest BCUT2D eigenvalue weighted by Gasteiger charge is 2.40. The lowest BCUT2D eigenvalue weighted by Crippen LogP contribution is -2.34. The van der Waals surface area contributed by atoms with Crippen molar-refractivity contribution in [3.05, 3.63) is 136 Å². The first-order chi connectivity index (χ1) is 22.5. The fourth-order valence-electron chi connectivity index (χ4n) is 9.01. The summed E-state index contributed by atoms with van der Waals surface area (Å²) in [6.07, 6.45) is 7.36. The van der Waals surface area contributed by atoms with Gasteiger partial charge in [-0.15, -0.1) is 0 Å². The molecule has 0 aromatic heterocycles. The third-order valence-electron chi connectivity index (χ3n) is 12.0. The number of benzene rings is 5. The molecule has 1 heteroatoms. The molecule has 0 radical (unpaired) electrons. The fraction of sp³-hybridized carbons (Fsp3) is 0.348. The maximum Gasteiger partial charge on any atom is 0.0543 e. The van der Waals surface area contributed by atoms with Gasteiger partial charge in [-0.2, -0.15) is 0 Å². The average Bonchev–Trinajstić information content (AvgIpc) is 3.29. The lowest BCUT2D eigenvalue weighted by molar-refractivity contribution is 0.332. The molecule has 0 atom stereocenters. The van der Waals surface area contributed by atoms with Crippen LogP contribution in [0.15, 0.2) is 97.1 Å². The first-order valence-electron chi connectivity index (χ1n) is 17.9. The molecule has 5 aromatic rings. The average molecular weight is 616 g/mol. The molecule has 0 spiro atoms. The number of fused-ring (bicyclic) bond motifs is 5. The Kier molecular flexibility index (Phi) is 6.89. The molecular weight excluding hydrogens is 567 g/mol. The molecule has 5 aromatic carbocycles. The van der Waals surface area contributed by atoms with Gasteiger partial charge in [0.15, 0.2) is 0 Å². The number of hydrogen-bond donors (Lipinski definition) is 0. The molecule has 0 heterocycles. The van der Waals surface area contributed by atoms with Gasteiger partial charge in [-0.05, 0) is 154 Å². The molecule has 3 aliphatic rings. The first kappa shape index (κ1) is 30.2. The minimum atomic E-state index is -0.0890. The molecule has 8 rings (SSSR count). The smallest absolute Gasteiger partial charge is 0.0543 e. The zero-order chi connectivity index (χ0) is 32.7. The number of anilines is 3. The van der Waals surface area contributed by atoms with Crippen LogP contribution in [0.2, 0.25) is 0 Å². The SMILES string of the molecule is Cc1cc2c(cc1-c1cc3c(cc1N(c1ccccc1)c1ccc4c(c1)CCCC4)C(C)(C)c1ccccc1-3)C(C)(C)CCC2(C)C. The van der Waals surface area contributed by atoms with Crippen LogP contribution >= 0.6 is 0 Å². The van der Waals surface area contributed by atoms with Crippen molar-refractivity contribution in [2.45, 2.75) is 103 Å². The molecule has 0 saturated heterocycles. The largest absolute Gasteiger partial charge is 0.310 e. The van der Waals surface area contributed by atoms with Crippen LogP contribution in [0.3, 0.4) is 0 Å². The molecule has 1 nitrogen and oxygen atoms in total. The van der Waals surface area contributed by atoms with Crippen molar-refractivity contribution in [2.75, 3.05) is 4.90 Å².